The smallest absolute Gasteiger partial charge is 0.316 e. The van der Waals surface area contributed by atoms with Crippen LogP contribution in [0.4, 0.5) is 11.8 Å². The van der Waals surface area contributed by atoms with Gasteiger partial charge >= 0.3 is 6.01 Å². The van der Waals surface area contributed by atoms with Gasteiger partial charge in [-0.1, -0.05) is 17.2 Å². The second-order valence-corrected chi connectivity index (χ2v) is 5.49. The fraction of sp³-hybridized carbons (Fsp3) is 0.118. The first kappa shape index (κ1) is 15.0. The van der Waals surface area contributed by atoms with Gasteiger partial charge < -0.3 is 20.2 Å². The Morgan fingerprint density at radius 3 is 3.00 bits per heavy atom. The van der Waals surface area contributed by atoms with Gasteiger partial charge in [0.25, 0.3) is 0 Å². The molecular formula is C17H16N6O2. The van der Waals surface area contributed by atoms with Crippen LogP contribution in [0, 0.1) is 0 Å². The number of aromatic amines is 1. The second kappa shape index (κ2) is 6.16. The van der Waals surface area contributed by atoms with E-state index in [1.54, 1.807) is 7.11 Å². The number of nitrogens with two attached hydrogens (primary N) is 1. The van der Waals surface area contributed by atoms with Crippen molar-refractivity contribution in [3.8, 4) is 17.2 Å². The lowest BCUT2D eigenvalue weighted by Crippen LogP contribution is -1.99. The third-order valence-electron chi connectivity index (χ3n) is 3.84. The van der Waals surface area contributed by atoms with E-state index in [-0.39, 0.29) is 0 Å². The van der Waals surface area contributed by atoms with E-state index in [9.17, 15) is 0 Å². The van der Waals surface area contributed by atoms with Crippen LogP contribution in [0.2, 0.25) is 0 Å². The molecule has 0 radical (unpaired) electrons. The highest BCUT2D eigenvalue weighted by Crippen LogP contribution is 2.26. The molecule has 0 aliphatic heterocycles. The third kappa shape index (κ3) is 2.97. The number of ether oxygens (including phenoxy) is 1. The van der Waals surface area contributed by atoms with Crippen molar-refractivity contribution in [2.24, 2.45) is 0 Å². The Labute approximate surface area is 143 Å². The normalized spacial score (nSPS) is 10.9. The molecule has 2 aromatic carbocycles. The van der Waals surface area contributed by atoms with Gasteiger partial charge in [-0.15, -0.1) is 5.10 Å². The largest absolute Gasteiger partial charge is 0.497 e. The molecule has 0 fully saturated rings. The summed E-state index contributed by atoms with van der Waals surface area (Å²) in [6, 6.07) is 13.7. The van der Waals surface area contributed by atoms with E-state index in [4.69, 9.17) is 14.9 Å². The lowest BCUT2D eigenvalue weighted by atomic mass is 10.1. The lowest BCUT2D eigenvalue weighted by molar-refractivity contribution is 0.414. The van der Waals surface area contributed by atoms with Gasteiger partial charge in [-0.25, -0.2) is 0 Å². The van der Waals surface area contributed by atoms with Crippen molar-refractivity contribution in [1.82, 2.24) is 20.4 Å². The Morgan fingerprint density at radius 1 is 1.20 bits per heavy atom. The van der Waals surface area contributed by atoms with Crippen molar-refractivity contribution in [2.45, 2.75) is 6.54 Å². The van der Waals surface area contributed by atoms with Crippen LogP contribution in [-0.2, 0) is 6.54 Å². The van der Waals surface area contributed by atoms with Crippen molar-refractivity contribution >= 4 is 22.7 Å². The highest BCUT2D eigenvalue weighted by Gasteiger charge is 2.11. The van der Waals surface area contributed by atoms with E-state index >= 15 is 0 Å². The van der Waals surface area contributed by atoms with Crippen LogP contribution in [0.5, 0.6) is 5.75 Å². The number of benzene rings is 2. The fourth-order valence-corrected chi connectivity index (χ4v) is 2.54. The molecule has 0 saturated heterocycles. The molecule has 8 heteroatoms. The van der Waals surface area contributed by atoms with Crippen molar-refractivity contribution in [3.05, 3.63) is 48.0 Å². The summed E-state index contributed by atoms with van der Waals surface area (Å²) in [6.07, 6.45) is 0. The number of nitrogen functional groups attached to an aromatic ring is 1. The highest BCUT2D eigenvalue weighted by molar-refractivity contribution is 5.91. The average Bonchev–Trinajstić information content (AvgIpc) is 3.27. The number of anilines is 2. The van der Waals surface area contributed by atoms with Crippen LogP contribution in [0.15, 0.2) is 46.9 Å². The summed E-state index contributed by atoms with van der Waals surface area (Å²) < 4.78 is 10.9. The minimum atomic E-state index is 0.345. The van der Waals surface area contributed by atoms with E-state index in [1.165, 1.54) is 0 Å². The molecule has 0 aliphatic carbocycles. The molecule has 0 saturated carbocycles. The Morgan fingerprint density at radius 2 is 2.12 bits per heavy atom. The van der Waals surface area contributed by atoms with Gasteiger partial charge in [0.05, 0.1) is 12.6 Å². The number of aromatic nitrogens is 4. The molecule has 0 unspecified atom stereocenters. The van der Waals surface area contributed by atoms with Gasteiger partial charge in [0.1, 0.15) is 5.75 Å². The molecule has 0 spiro atoms. The molecule has 4 rings (SSSR count). The number of hydrogen-bond donors (Lipinski definition) is 3. The zero-order chi connectivity index (χ0) is 17.2. The van der Waals surface area contributed by atoms with E-state index < -0.39 is 0 Å². The number of H-pyrrole nitrogens is 1. The van der Waals surface area contributed by atoms with Gasteiger partial charge in [-0.2, -0.15) is 5.10 Å². The molecule has 2 aromatic heterocycles. The van der Waals surface area contributed by atoms with Crippen LogP contribution >= 0.6 is 0 Å². The molecule has 4 N–H and O–H groups in total. The maximum atomic E-state index is 5.83. The number of hydrogen-bond acceptors (Lipinski definition) is 7. The number of fused-ring (bicyclic) bond motifs is 1. The molecule has 2 heterocycles. The van der Waals surface area contributed by atoms with E-state index in [2.05, 4.69) is 25.7 Å². The fourth-order valence-electron chi connectivity index (χ4n) is 2.54. The SMILES string of the molecule is COc1cccc(CNc2nnc(-c3ccc4[nH]nc(N)c4c3)o2)c1. The predicted molar refractivity (Wildman–Crippen MR) is 94.1 cm³/mol. The van der Waals surface area contributed by atoms with Crippen molar-refractivity contribution in [3.63, 3.8) is 0 Å². The summed E-state index contributed by atoms with van der Waals surface area (Å²) in [5, 5.41) is 18.9. The molecular weight excluding hydrogens is 320 g/mol. The summed E-state index contributed by atoms with van der Waals surface area (Å²) in [5.74, 6) is 1.65. The lowest BCUT2D eigenvalue weighted by Gasteiger charge is -2.04. The molecule has 8 nitrogen and oxygen atoms in total. The Balaban J connectivity index is 1.51. The summed E-state index contributed by atoms with van der Waals surface area (Å²) in [7, 11) is 1.64. The standard InChI is InChI=1S/C17H16N6O2/c1-24-12-4-2-3-10(7-12)9-19-17-23-22-16(25-17)11-5-6-14-13(8-11)15(18)21-20-14/h2-8H,9H2,1H3,(H,19,23)(H3,18,20,21). The topological polar surface area (TPSA) is 115 Å². The van der Waals surface area contributed by atoms with Gasteiger partial charge in [0.15, 0.2) is 5.82 Å². The highest BCUT2D eigenvalue weighted by atomic mass is 16.5. The van der Waals surface area contributed by atoms with Crippen molar-refractivity contribution in [2.75, 3.05) is 18.2 Å². The predicted octanol–water partition coefficient (Wildman–Crippen LogP) is 2.82. The van der Waals surface area contributed by atoms with E-state index in [0.717, 1.165) is 27.8 Å². The Kier molecular flexibility index (Phi) is 3.70. The first-order valence-corrected chi connectivity index (χ1v) is 7.67. The molecule has 0 amide bonds. The minimum Gasteiger partial charge on any atom is -0.497 e. The quantitative estimate of drug-likeness (QED) is 0.513. The van der Waals surface area contributed by atoms with Crippen molar-refractivity contribution in [1.29, 1.82) is 0 Å². The second-order valence-electron chi connectivity index (χ2n) is 5.49. The van der Waals surface area contributed by atoms with E-state index in [1.807, 2.05) is 42.5 Å². The third-order valence-corrected chi connectivity index (χ3v) is 3.84. The number of methoxy groups -OCH3 is 1. The maximum Gasteiger partial charge on any atom is 0.316 e. The average molecular weight is 336 g/mol. The number of nitrogens with zero attached hydrogens (tertiary/aromatic N) is 3. The Hall–Kier alpha value is -3.55. The first-order valence-electron chi connectivity index (χ1n) is 7.67. The van der Waals surface area contributed by atoms with Crippen LogP contribution in [0.25, 0.3) is 22.4 Å². The Bertz CT molecular complexity index is 1020. The zero-order valence-electron chi connectivity index (χ0n) is 13.5. The van der Waals surface area contributed by atoms with Gasteiger partial charge in [-0.05, 0) is 35.9 Å². The van der Waals surface area contributed by atoms with Crippen LogP contribution in [0.3, 0.4) is 0 Å². The molecule has 25 heavy (non-hydrogen) atoms. The molecule has 0 aliphatic rings. The van der Waals surface area contributed by atoms with Crippen LogP contribution in [0.1, 0.15) is 5.56 Å². The molecule has 0 bridgehead atoms. The molecule has 126 valence electrons. The van der Waals surface area contributed by atoms with Gasteiger partial charge in [-0.3, -0.25) is 5.10 Å². The summed E-state index contributed by atoms with van der Waals surface area (Å²) in [6.45, 7) is 0.548. The number of rotatable bonds is 5. The molecule has 0 atom stereocenters. The zero-order valence-corrected chi connectivity index (χ0v) is 13.5. The summed E-state index contributed by atoms with van der Waals surface area (Å²) in [4.78, 5) is 0. The first-order chi connectivity index (χ1) is 12.2. The van der Waals surface area contributed by atoms with E-state index in [0.29, 0.717) is 24.3 Å². The number of nitrogens with one attached hydrogen (secondary N) is 2. The van der Waals surface area contributed by atoms with Crippen molar-refractivity contribution < 1.29 is 9.15 Å². The van der Waals surface area contributed by atoms with Gasteiger partial charge in [0, 0.05) is 17.5 Å². The minimum absolute atomic E-state index is 0.345. The maximum absolute atomic E-state index is 5.83. The monoisotopic (exact) mass is 336 g/mol. The summed E-state index contributed by atoms with van der Waals surface area (Å²) >= 11 is 0. The molecule has 4 aromatic rings. The van der Waals surface area contributed by atoms with Gasteiger partial charge in [0.2, 0.25) is 5.89 Å². The van der Waals surface area contributed by atoms with Crippen LogP contribution < -0.4 is 15.8 Å². The van der Waals surface area contributed by atoms with Crippen LogP contribution in [-0.4, -0.2) is 27.5 Å². The summed E-state index contributed by atoms with van der Waals surface area (Å²) in [5.41, 5.74) is 8.52.